The van der Waals surface area contributed by atoms with E-state index in [2.05, 4.69) is 58.8 Å². The highest BCUT2D eigenvalue weighted by atomic mass is 16.1. The van der Waals surface area contributed by atoms with E-state index in [1.165, 1.54) is 5.56 Å². The Bertz CT molecular complexity index is 699. The van der Waals surface area contributed by atoms with Gasteiger partial charge >= 0.3 is 0 Å². The fourth-order valence-corrected chi connectivity index (χ4v) is 3.18. The molecule has 0 aromatic heterocycles. The molecule has 1 amide bonds. The molecule has 0 radical (unpaired) electrons. The molecule has 0 bridgehead atoms. The van der Waals surface area contributed by atoms with Crippen molar-refractivity contribution in [3.8, 4) is 0 Å². The molecule has 1 N–H and O–H groups in total. The van der Waals surface area contributed by atoms with Gasteiger partial charge in [-0.3, -0.25) is 4.79 Å². The molecule has 1 heterocycles. The molecular formula is C20H23N3O. The number of amides is 1. The van der Waals surface area contributed by atoms with E-state index >= 15 is 0 Å². The third-order valence-corrected chi connectivity index (χ3v) is 4.23. The summed E-state index contributed by atoms with van der Waals surface area (Å²) in [5.74, 6) is -0.0266. The van der Waals surface area contributed by atoms with Crippen LogP contribution >= 0.6 is 0 Å². The van der Waals surface area contributed by atoms with Crippen LogP contribution in [0.2, 0.25) is 0 Å². The van der Waals surface area contributed by atoms with Gasteiger partial charge in [-0.1, -0.05) is 60.7 Å². The van der Waals surface area contributed by atoms with Gasteiger partial charge in [0.25, 0.3) is 0 Å². The van der Waals surface area contributed by atoms with Crippen LogP contribution in [0.4, 0.5) is 0 Å². The summed E-state index contributed by atoms with van der Waals surface area (Å²) in [5.41, 5.74) is 2.28. The predicted octanol–water partition coefficient (Wildman–Crippen LogP) is 3.28. The Morgan fingerprint density at radius 3 is 2.04 bits per heavy atom. The van der Waals surface area contributed by atoms with Crippen molar-refractivity contribution in [3.63, 3.8) is 0 Å². The van der Waals surface area contributed by atoms with Crippen molar-refractivity contribution in [1.29, 1.82) is 0 Å². The lowest BCUT2D eigenvalue weighted by molar-refractivity contribution is -0.120. The van der Waals surface area contributed by atoms with Crippen molar-refractivity contribution in [1.82, 2.24) is 15.1 Å². The van der Waals surface area contributed by atoms with E-state index in [1.807, 2.05) is 36.4 Å². The number of carbonyl (C=O) groups is 1. The number of rotatable bonds is 5. The first-order valence-corrected chi connectivity index (χ1v) is 8.16. The molecule has 0 saturated heterocycles. The van der Waals surface area contributed by atoms with Gasteiger partial charge in [0.2, 0.25) is 5.91 Å². The molecule has 0 spiro atoms. The van der Waals surface area contributed by atoms with E-state index in [-0.39, 0.29) is 18.0 Å². The molecule has 124 valence electrons. The first-order chi connectivity index (χ1) is 11.6. The molecule has 3 rings (SSSR count). The van der Waals surface area contributed by atoms with Crippen LogP contribution in [0.25, 0.3) is 0 Å². The van der Waals surface area contributed by atoms with Crippen LogP contribution in [0, 0.1) is 0 Å². The molecule has 24 heavy (non-hydrogen) atoms. The lowest BCUT2D eigenvalue weighted by atomic mass is 9.92. The lowest BCUT2D eigenvalue weighted by Gasteiger charge is -2.36. The fraction of sp³-hybridized carbons (Fsp3) is 0.250. The summed E-state index contributed by atoms with van der Waals surface area (Å²) in [4.78, 5) is 16.3. The second-order valence-corrected chi connectivity index (χ2v) is 6.16. The number of hydrogen-bond donors (Lipinski definition) is 1. The monoisotopic (exact) mass is 321 g/mol. The fourth-order valence-electron chi connectivity index (χ4n) is 3.18. The van der Waals surface area contributed by atoms with Crippen LogP contribution in [0.15, 0.2) is 73.1 Å². The number of benzene rings is 2. The number of nitrogens with zero attached hydrogens (tertiary/aromatic N) is 2. The molecule has 4 nitrogen and oxygen atoms in total. The molecule has 0 aliphatic carbocycles. The molecule has 4 heteroatoms. The van der Waals surface area contributed by atoms with Gasteiger partial charge in [-0.05, 0) is 11.1 Å². The average molecular weight is 321 g/mol. The minimum atomic E-state index is -0.123. The Balaban J connectivity index is 2.03. The summed E-state index contributed by atoms with van der Waals surface area (Å²) in [6.45, 7) is 2.37. The zero-order valence-electron chi connectivity index (χ0n) is 14.1. The molecule has 0 fully saturated rings. The van der Waals surface area contributed by atoms with Gasteiger partial charge in [0.1, 0.15) is 0 Å². The van der Waals surface area contributed by atoms with Crippen LogP contribution in [0.5, 0.6) is 0 Å². The maximum absolute atomic E-state index is 11.9. The average Bonchev–Trinajstić information content (AvgIpc) is 3.02. The Morgan fingerprint density at radius 1 is 0.958 bits per heavy atom. The van der Waals surface area contributed by atoms with Gasteiger partial charge < -0.3 is 15.1 Å². The van der Waals surface area contributed by atoms with E-state index in [4.69, 9.17) is 0 Å². The van der Waals surface area contributed by atoms with Crippen LogP contribution in [0.1, 0.15) is 30.1 Å². The summed E-state index contributed by atoms with van der Waals surface area (Å²) in [5, 5.41) is 3.15. The normalized spacial score (nSPS) is 16.1. The van der Waals surface area contributed by atoms with Crippen LogP contribution in [-0.4, -0.2) is 29.4 Å². The Kier molecular flexibility index (Phi) is 4.85. The SMILES string of the molecule is CC(=O)N[C@H](c1ccccc1)[C@@H](c1ccccc1)N1C=CN(C)C1. The lowest BCUT2D eigenvalue weighted by Crippen LogP contribution is -2.39. The Hall–Kier alpha value is -2.75. The molecular weight excluding hydrogens is 298 g/mol. The molecule has 0 saturated carbocycles. The van der Waals surface area contributed by atoms with Crippen molar-refractivity contribution in [2.75, 3.05) is 13.7 Å². The number of carbonyl (C=O) groups excluding carboxylic acids is 1. The summed E-state index contributed by atoms with van der Waals surface area (Å²) in [7, 11) is 2.05. The molecule has 1 aliphatic rings. The topological polar surface area (TPSA) is 35.6 Å². The number of nitrogens with one attached hydrogen (secondary N) is 1. The van der Waals surface area contributed by atoms with Crippen LogP contribution < -0.4 is 5.32 Å². The molecule has 2 atom stereocenters. The maximum atomic E-state index is 11.9. The summed E-state index contributed by atoms with van der Waals surface area (Å²) in [6, 6.07) is 20.4. The van der Waals surface area contributed by atoms with Gasteiger partial charge in [-0.15, -0.1) is 0 Å². The third kappa shape index (κ3) is 3.59. The van der Waals surface area contributed by atoms with Crippen LogP contribution in [-0.2, 0) is 4.79 Å². The largest absolute Gasteiger partial charge is 0.362 e. The third-order valence-electron chi connectivity index (χ3n) is 4.23. The highest BCUT2D eigenvalue weighted by Crippen LogP contribution is 2.35. The van der Waals surface area contributed by atoms with E-state index in [0.717, 1.165) is 12.2 Å². The maximum Gasteiger partial charge on any atom is 0.217 e. The van der Waals surface area contributed by atoms with E-state index in [1.54, 1.807) is 6.92 Å². The number of hydrogen-bond acceptors (Lipinski definition) is 3. The molecule has 0 unspecified atom stereocenters. The smallest absolute Gasteiger partial charge is 0.217 e. The minimum absolute atomic E-state index is 0.0266. The van der Waals surface area contributed by atoms with E-state index in [9.17, 15) is 4.79 Å². The summed E-state index contributed by atoms with van der Waals surface area (Å²) >= 11 is 0. The van der Waals surface area contributed by atoms with E-state index in [0.29, 0.717) is 0 Å². The molecule has 2 aromatic rings. The second-order valence-electron chi connectivity index (χ2n) is 6.16. The van der Waals surface area contributed by atoms with Crippen molar-refractivity contribution in [2.24, 2.45) is 0 Å². The minimum Gasteiger partial charge on any atom is -0.362 e. The summed E-state index contributed by atoms with van der Waals surface area (Å²) in [6.07, 6.45) is 4.15. The van der Waals surface area contributed by atoms with Crippen molar-refractivity contribution >= 4 is 5.91 Å². The van der Waals surface area contributed by atoms with Gasteiger partial charge in [0.05, 0.1) is 18.8 Å². The van der Waals surface area contributed by atoms with Crippen molar-refractivity contribution in [3.05, 3.63) is 84.2 Å². The molecule has 1 aliphatic heterocycles. The summed E-state index contributed by atoms with van der Waals surface area (Å²) < 4.78 is 0. The standard InChI is InChI=1S/C20H23N3O/c1-16(24)21-19(17-9-5-3-6-10-17)20(18-11-7-4-8-12-18)23-14-13-22(2)15-23/h3-14,19-20H,15H2,1-2H3,(H,21,24)/t19-,20-/m1/s1. The van der Waals surface area contributed by atoms with Gasteiger partial charge in [0.15, 0.2) is 0 Å². The second kappa shape index (κ2) is 7.21. The Labute approximate surface area is 143 Å². The van der Waals surface area contributed by atoms with Crippen LogP contribution in [0.3, 0.4) is 0 Å². The van der Waals surface area contributed by atoms with Gasteiger partial charge in [-0.2, -0.15) is 0 Å². The Morgan fingerprint density at radius 2 is 1.54 bits per heavy atom. The van der Waals surface area contributed by atoms with E-state index < -0.39 is 0 Å². The van der Waals surface area contributed by atoms with Gasteiger partial charge in [0, 0.05) is 26.4 Å². The van der Waals surface area contributed by atoms with Gasteiger partial charge in [-0.25, -0.2) is 0 Å². The zero-order valence-corrected chi connectivity index (χ0v) is 14.1. The first-order valence-electron chi connectivity index (χ1n) is 8.16. The highest BCUT2D eigenvalue weighted by Gasteiger charge is 2.31. The zero-order chi connectivity index (χ0) is 16.9. The first kappa shape index (κ1) is 16.1. The molecule has 2 aromatic carbocycles. The highest BCUT2D eigenvalue weighted by molar-refractivity contribution is 5.73. The quantitative estimate of drug-likeness (QED) is 0.918. The van der Waals surface area contributed by atoms with Crippen molar-refractivity contribution < 1.29 is 4.79 Å². The van der Waals surface area contributed by atoms with Crippen molar-refractivity contribution in [2.45, 2.75) is 19.0 Å². The predicted molar refractivity (Wildman–Crippen MR) is 95.8 cm³/mol.